The van der Waals surface area contributed by atoms with Crippen molar-refractivity contribution >= 4 is 58.1 Å². The summed E-state index contributed by atoms with van der Waals surface area (Å²) in [4.78, 5) is 37.9. The molecule has 33 heavy (non-hydrogen) atoms. The van der Waals surface area contributed by atoms with Crippen molar-refractivity contribution < 1.29 is 14.4 Å². The predicted molar refractivity (Wildman–Crippen MR) is 130 cm³/mol. The van der Waals surface area contributed by atoms with Crippen LogP contribution in [0.25, 0.3) is 0 Å². The molecule has 0 bridgehead atoms. The number of anilines is 3. The summed E-state index contributed by atoms with van der Waals surface area (Å²) in [7, 11) is 0. The minimum Gasteiger partial charge on any atom is -0.324 e. The molecule has 0 aliphatic carbocycles. The van der Waals surface area contributed by atoms with Crippen LogP contribution in [0.1, 0.15) is 34.7 Å². The summed E-state index contributed by atoms with van der Waals surface area (Å²) in [5.74, 6) is -0.330. The zero-order valence-corrected chi connectivity index (χ0v) is 19.8. The number of nitrogens with zero attached hydrogens (tertiary/aromatic N) is 2. The van der Waals surface area contributed by atoms with E-state index in [0.717, 1.165) is 16.3 Å². The zero-order chi connectivity index (χ0) is 23.7. The van der Waals surface area contributed by atoms with Gasteiger partial charge in [-0.1, -0.05) is 11.6 Å². The minimum atomic E-state index is -0.517. The van der Waals surface area contributed by atoms with Gasteiger partial charge in [-0.2, -0.15) is 5.10 Å². The molecule has 0 radical (unpaired) electrons. The largest absolute Gasteiger partial charge is 0.324 e. The molecule has 1 aromatic heterocycles. The molecule has 3 aromatic rings. The highest BCUT2D eigenvalue weighted by Gasteiger charge is 2.20. The van der Waals surface area contributed by atoms with Crippen LogP contribution in [0.4, 0.5) is 17.1 Å². The second-order valence-corrected chi connectivity index (χ2v) is 9.16. The third-order valence-electron chi connectivity index (χ3n) is 5.15. The highest BCUT2D eigenvalue weighted by molar-refractivity contribution is 8.00. The Hall–Kier alpha value is -3.30. The number of benzene rings is 2. The fraction of sp³-hybridized carbons (Fsp3) is 0.217. The van der Waals surface area contributed by atoms with E-state index >= 15 is 0 Å². The van der Waals surface area contributed by atoms with E-state index in [9.17, 15) is 14.4 Å². The summed E-state index contributed by atoms with van der Waals surface area (Å²) in [6.45, 7) is 5.53. The topological polar surface area (TPSA) is 105 Å². The van der Waals surface area contributed by atoms with Gasteiger partial charge >= 0.3 is 0 Å². The lowest BCUT2D eigenvalue weighted by molar-refractivity contribution is -0.119. The lowest BCUT2D eigenvalue weighted by Crippen LogP contribution is -2.25. The number of aryl methyl sites for hydroxylation is 2. The third kappa shape index (κ3) is 5.04. The van der Waals surface area contributed by atoms with Crippen LogP contribution < -0.4 is 16.0 Å². The Morgan fingerprint density at radius 1 is 1.15 bits per heavy atom. The number of rotatable bonds is 5. The van der Waals surface area contributed by atoms with Crippen molar-refractivity contribution in [2.75, 3.05) is 21.7 Å². The van der Waals surface area contributed by atoms with Gasteiger partial charge in [0.2, 0.25) is 11.8 Å². The number of carbonyl (C=O) groups is 3. The molecule has 0 saturated heterocycles. The van der Waals surface area contributed by atoms with Gasteiger partial charge in [-0.05, 0) is 63.2 Å². The molecule has 0 saturated carbocycles. The molecule has 10 heteroatoms. The van der Waals surface area contributed by atoms with Gasteiger partial charge in [-0.25, -0.2) is 0 Å². The van der Waals surface area contributed by atoms with Crippen molar-refractivity contribution in [3.05, 3.63) is 64.4 Å². The van der Waals surface area contributed by atoms with Crippen LogP contribution in [0.3, 0.4) is 0 Å². The van der Waals surface area contributed by atoms with Gasteiger partial charge in [-0.15, -0.1) is 11.8 Å². The molecule has 8 nitrogen and oxygen atoms in total. The first-order chi connectivity index (χ1) is 15.7. The molecule has 2 aromatic carbocycles. The summed E-state index contributed by atoms with van der Waals surface area (Å²) < 4.78 is 1.66. The van der Waals surface area contributed by atoms with Crippen molar-refractivity contribution in [1.82, 2.24) is 9.78 Å². The Morgan fingerprint density at radius 2 is 1.94 bits per heavy atom. The van der Waals surface area contributed by atoms with Gasteiger partial charge in [0.1, 0.15) is 6.04 Å². The number of amides is 3. The number of hydrogen-bond donors (Lipinski definition) is 3. The Kier molecular flexibility index (Phi) is 6.44. The van der Waals surface area contributed by atoms with Crippen molar-refractivity contribution in [2.24, 2.45) is 0 Å². The number of carbonyl (C=O) groups excluding carboxylic acids is 3. The van der Waals surface area contributed by atoms with Crippen LogP contribution >= 0.6 is 23.4 Å². The molecule has 4 rings (SSSR count). The fourth-order valence-electron chi connectivity index (χ4n) is 3.51. The van der Waals surface area contributed by atoms with Gasteiger partial charge in [0.15, 0.2) is 0 Å². The standard InChI is InChI=1S/C23H22ClN5O3S/c1-12-8-13(2)29(28-12)14(3)22(31)27-18-6-5-16(10-17(18)24)25-23(32)15-4-7-20-19(9-15)26-21(30)11-33-20/h4-10,14H,11H2,1-3H3,(H,25,32)(H,26,30)(H,27,31). The SMILES string of the molecule is Cc1cc(C)n(C(C)C(=O)Nc2ccc(NC(=O)c3ccc4c(c3)NC(=O)CS4)cc2Cl)n1. The normalized spacial score (nSPS) is 13.6. The maximum atomic E-state index is 12.7. The number of thioether (sulfide) groups is 1. The highest BCUT2D eigenvalue weighted by atomic mass is 35.5. The van der Waals surface area contributed by atoms with E-state index in [0.29, 0.717) is 28.4 Å². The lowest BCUT2D eigenvalue weighted by Gasteiger charge is -2.17. The van der Waals surface area contributed by atoms with Crippen LogP contribution in [0.15, 0.2) is 47.4 Å². The van der Waals surface area contributed by atoms with Crippen molar-refractivity contribution in [3.8, 4) is 0 Å². The quantitative estimate of drug-likeness (QED) is 0.490. The Bertz CT molecular complexity index is 1270. The summed E-state index contributed by atoms with van der Waals surface area (Å²) in [6.07, 6.45) is 0. The summed E-state index contributed by atoms with van der Waals surface area (Å²) >= 11 is 7.79. The van der Waals surface area contributed by atoms with Gasteiger partial charge in [0, 0.05) is 21.8 Å². The van der Waals surface area contributed by atoms with Crippen LogP contribution in [0.5, 0.6) is 0 Å². The first-order valence-corrected chi connectivity index (χ1v) is 11.6. The molecule has 0 fully saturated rings. The minimum absolute atomic E-state index is 0.0957. The molecule has 3 N–H and O–H groups in total. The van der Waals surface area contributed by atoms with E-state index < -0.39 is 6.04 Å². The van der Waals surface area contributed by atoms with E-state index in [4.69, 9.17) is 11.6 Å². The lowest BCUT2D eigenvalue weighted by atomic mass is 10.1. The average molecular weight is 484 g/mol. The van der Waals surface area contributed by atoms with E-state index in [1.165, 1.54) is 11.8 Å². The van der Waals surface area contributed by atoms with E-state index in [1.54, 1.807) is 41.9 Å². The predicted octanol–water partition coefficient (Wildman–Crippen LogP) is 4.65. The monoisotopic (exact) mass is 483 g/mol. The van der Waals surface area contributed by atoms with Crippen LogP contribution in [0, 0.1) is 13.8 Å². The first-order valence-electron chi connectivity index (χ1n) is 10.2. The highest BCUT2D eigenvalue weighted by Crippen LogP contribution is 2.32. The summed E-state index contributed by atoms with van der Waals surface area (Å²) in [5.41, 5.74) is 3.66. The first kappa shape index (κ1) is 22.9. The van der Waals surface area contributed by atoms with Gasteiger partial charge in [0.25, 0.3) is 5.91 Å². The molecule has 1 atom stereocenters. The molecule has 170 valence electrons. The summed E-state index contributed by atoms with van der Waals surface area (Å²) in [5, 5.41) is 13.0. The van der Waals surface area contributed by atoms with Crippen LogP contribution in [0.2, 0.25) is 5.02 Å². The van der Waals surface area contributed by atoms with E-state index in [2.05, 4.69) is 21.0 Å². The number of aromatic nitrogens is 2. The molecule has 3 amide bonds. The molecule has 1 unspecified atom stereocenters. The third-order valence-corrected chi connectivity index (χ3v) is 6.54. The maximum Gasteiger partial charge on any atom is 0.255 e. The van der Waals surface area contributed by atoms with Gasteiger partial charge in [0.05, 0.1) is 27.8 Å². The Morgan fingerprint density at radius 3 is 2.64 bits per heavy atom. The molecule has 1 aliphatic rings. The second kappa shape index (κ2) is 9.29. The number of fused-ring (bicyclic) bond motifs is 1. The fourth-order valence-corrected chi connectivity index (χ4v) is 4.52. The molecule has 2 heterocycles. The Labute approximate surface area is 200 Å². The van der Waals surface area contributed by atoms with Crippen molar-refractivity contribution in [3.63, 3.8) is 0 Å². The molecule has 1 aliphatic heterocycles. The smallest absolute Gasteiger partial charge is 0.255 e. The van der Waals surface area contributed by atoms with E-state index in [-0.39, 0.29) is 22.7 Å². The molecule has 0 spiro atoms. The molecular weight excluding hydrogens is 462 g/mol. The average Bonchev–Trinajstić information content (AvgIpc) is 3.12. The summed E-state index contributed by atoms with van der Waals surface area (Å²) in [6, 6.07) is 11.4. The van der Waals surface area contributed by atoms with Crippen LogP contribution in [-0.2, 0) is 9.59 Å². The van der Waals surface area contributed by atoms with E-state index in [1.807, 2.05) is 26.0 Å². The van der Waals surface area contributed by atoms with Gasteiger partial charge in [-0.3, -0.25) is 19.1 Å². The molecular formula is C23H22ClN5O3S. The Balaban J connectivity index is 1.44. The van der Waals surface area contributed by atoms with Crippen molar-refractivity contribution in [2.45, 2.75) is 31.7 Å². The number of nitrogens with one attached hydrogen (secondary N) is 3. The maximum absolute atomic E-state index is 12.7. The van der Waals surface area contributed by atoms with Gasteiger partial charge < -0.3 is 16.0 Å². The zero-order valence-electron chi connectivity index (χ0n) is 18.2. The second-order valence-electron chi connectivity index (χ2n) is 7.73. The number of halogens is 1. The van der Waals surface area contributed by atoms with Crippen molar-refractivity contribution in [1.29, 1.82) is 0 Å². The van der Waals surface area contributed by atoms with Crippen LogP contribution in [-0.4, -0.2) is 33.3 Å². The number of hydrogen-bond acceptors (Lipinski definition) is 5.